The number of hydrogen-bond acceptors (Lipinski definition) is 5. The Morgan fingerprint density at radius 1 is 1.09 bits per heavy atom. The molecule has 2 heterocycles. The highest BCUT2D eigenvalue weighted by molar-refractivity contribution is 7.99. The van der Waals surface area contributed by atoms with E-state index >= 15 is 0 Å². The maximum Gasteiger partial charge on any atom is 0.224 e. The summed E-state index contributed by atoms with van der Waals surface area (Å²) in [7, 11) is 0. The summed E-state index contributed by atoms with van der Waals surface area (Å²) in [6.45, 7) is 4.38. The van der Waals surface area contributed by atoms with Crippen molar-refractivity contribution in [3.8, 4) is 0 Å². The molecular weight excluding hydrogens is 416 g/mol. The van der Waals surface area contributed by atoms with Crippen LogP contribution in [0.2, 0.25) is 0 Å². The number of rotatable bonds is 8. The van der Waals surface area contributed by atoms with E-state index in [4.69, 9.17) is 0 Å². The van der Waals surface area contributed by atoms with E-state index in [2.05, 4.69) is 75.6 Å². The van der Waals surface area contributed by atoms with Crippen LogP contribution in [0, 0.1) is 12.8 Å². The molecule has 5 nitrogen and oxygen atoms in total. The van der Waals surface area contributed by atoms with Crippen molar-refractivity contribution in [3.05, 3.63) is 78.1 Å². The minimum Gasteiger partial charge on any atom is -0.356 e. The fourth-order valence-corrected chi connectivity index (χ4v) is 4.88. The fourth-order valence-electron chi connectivity index (χ4n) is 4.00. The number of hydrogen-bond donors (Lipinski definition) is 1. The monoisotopic (exact) mass is 446 g/mol. The predicted molar refractivity (Wildman–Crippen MR) is 130 cm³/mol. The number of anilines is 1. The van der Waals surface area contributed by atoms with Crippen LogP contribution in [0.25, 0.3) is 0 Å². The van der Waals surface area contributed by atoms with Gasteiger partial charge < -0.3 is 10.2 Å². The lowest BCUT2D eigenvalue weighted by molar-refractivity contribution is -0.125. The number of aryl methyl sites for hydroxylation is 2. The summed E-state index contributed by atoms with van der Waals surface area (Å²) in [5, 5.41) is 4.04. The first-order chi connectivity index (χ1) is 15.7. The first-order valence-electron chi connectivity index (χ1n) is 11.3. The Kier molecular flexibility index (Phi) is 7.77. The third-order valence-electron chi connectivity index (χ3n) is 5.76. The molecule has 1 atom stereocenters. The Hall–Kier alpha value is -2.86. The first kappa shape index (κ1) is 22.3. The van der Waals surface area contributed by atoms with Crippen LogP contribution in [0.5, 0.6) is 0 Å². The van der Waals surface area contributed by atoms with Crippen LogP contribution in [0.4, 0.5) is 5.82 Å². The van der Waals surface area contributed by atoms with Crippen molar-refractivity contribution in [2.75, 3.05) is 24.5 Å². The molecule has 0 unspecified atom stereocenters. The van der Waals surface area contributed by atoms with Crippen LogP contribution in [0.1, 0.15) is 30.4 Å². The number of amides is 1. The zero-order valence-corrected chi connectivity index (χ0v) is 19.4. The van der Waals surface area contributed by atoms with Gasteiger partial charge in [-0.1, -0.05) is 59.8 Å². The van der Waals surface area contributed by atoms with Gasteiger partial charge in [-0.05, 0) is 50.3 Å². The second kappa shape index (κ2) is 11.1. The molecule has 32 heavy (non-hydrogen) atoms. The largest absolute Gasteiger partial charge is 0.356 e. The molecule has 0 bridgehead atoms. The molecule has 4 rings (SSSR count). The van der Waals surface area contributed by atoms with Gasteiger partial charge in [-0.2, -0.15) is 0 Å². The van der Waals surface area contributed by atoms with Gasteiger partial charge in [0.15, 0.2) is 5.82 Å². The van der Waals surface area contributed by atoms with Gasteiger partial charge in [-0.25, -0.2) is 9.97 Å². The van der Waals surface area contributed by atoms with Crippen LogP contribution in [-0.2, 0) is 11.2 Å². The minimum absolute atomic E-state index is 0.0142. The van der Waals surface area contributed by atoms with Crippen LogP contribution < -0.4 is 10.2 Å². The average molecular weight is 447 g/mol. The van der Waals surface area contributed by atoms with Crippen molar-refractivity contribution in [1.82, 2.24) is 15.3 Å². The second-order valence-corrected chi connectivity index (χ2v) is 9.33. The summed E-state index contributed by atoms with van der Waals surface area (Å²) in [6.07, 6.45) is 7.31. The third kappa shape index (κ3) is 6.10. The molecule has 1 aliphatic rings. The normalized spacial score (nSPS) is 16.0. The molecule has 1 N–H and O–H groups in total. The zero-order chi connectivity index (χ0) is 22.2. The van der Waals surface area contributed by atoms with E-state index in [9.17, 15) is 4.79 Å². The predicted octanol–water partition coefficient (Wildman–Crippen LogP) is 4.90. The van der Waals surface area contributed by atoms with Crippen molar-refractivity contribution in [2.45, 2.75) is 42.5 Å². The number of carbonyl (C=O) groups is 1. The lowest BCUT2D eigenvalue weighted by Crippen LogP contribution is -2.43. The average Bonchev–Trinajstić information content (AvgIpc) is 2.84. The van der Waals surface area contributed by atoms with E-state index in [0.29, 0.717) is 13.1 Å². The summed E-state index contributed by atoms with van der Waals surface area (Å²) in [5.41, 5.74) is 2.55. The molecule has 0 spiro atoms. The highest BCUT2D eigenvalue weighted by atomic mass is 32.2. The van der Waals surface area contributed by atoms with E-state index in [-0.39, 0.29) is 11.8 Å². The van der Waals surface area contributed by atoms with Crippen LogP contribution in [0.15, 0.2) is 76.9 Å². The van der Waals surface area contributed by atoms with E-state index in [1.807, 2.05) is 6.07 Å². The Morgan fingerprint density at radius 2 is 1.88 bits per heavy atom. The van der Waals surface area contributed by atoms with Crippen LogP contribution in [0.3, 0.4) is 0 Å². The van der Waals surface area contributed by atoms with Gasteiger partial charge in [-0.3, -0.25) is 4.79 Å². The van der Waals surface area contributed by atoms with E-state index in [1.165, 1.54) is 11.1 Å². The number of carbonyl (C=O) groups excluding carboxylic acids is 1. The standard InChI is InChI=1S/C26H30N4OS/c1-20-11-13-23(14-12-20)32-26-24(27-16-17-29-26)30-18-6-10-22(19-30)25(31)28-15-5-9-21-7-3-2-4-8-21/h2-4,7-8,11-14,16-17,22H,5-6,9-10,15,18-19H2,1H3,(H,28,31)/t22-/m1/s1. The summed E-state index contributed by atoms with van der Waals surface area (Å²) < 4.78 is 0. The highest BCUT2D eigenvalue weighted by Gasteiger charge is 2.28. The maximum atomic E-state index is 12.8. The van der Waals surface area contributed by atoms with Gasteiger partial charge in [0.05, 0.1) is 5.92 Å². The number of nitrogens with one attached hydrogen (secondary N) is 1. The van der Waals surface area contributed by atoms with Gasteiger partial charge >= 0.3 is 0 Å². The minimum atomic E-state index is -0.0142. The van der Waals surface area contributed by atoms with Gasteiger partial charge in [0.1, 0.15) is 5.03 Å². The molecule has 3 aromatic rings. The molecule has 1 saturated heterocycles. The molecule has 1 fully saturated rings. The zero-order valence-electron chi connectivity index (χ0n) is 18.5. The molecule has 6 heteroatoms. The second-order valence-electron chi connectivity index (χ2n) is 8.27. The third-order valence-corrected chi connectivity index (χ3v) is 6.75. The van der Waals surface area contributed by atoms with Crippen molar-refractivity contribution < 1.29 is 4.79 Å². The molecule has 166 valence electrons. The van der Waals surface area contributed by atoms with Gasteiger partial charge in [-0.15, -0.1) is 0 Å². The molecule has 0 saturated carbocycles. The van der Waals surface area contributed by atoms with Gasteiger partial charge in [0.25, 0.3) is 0 Å². The number of aromatic nitrogens is 2. The van der Waals surface area contributed by atoms with Crippen molar-refractivity contribution in [2.24, 2.45) is 5.92 Å². The smallest absolute Gasteiger partial charge is 0.224 e. The van der Waals surface area contributed by atoms with E-state index in [0.717, 1.165) is 48.0 Å². The Balaban J connectivity index is 1.33. The lowest BCUT2D eigenvalue weighted by Gasteiger charge is -2.33. The SMILES string of the molecule is Cc1ccc(Sc2nccnc2N2CCC[C@@H](C(=O)NCCCc3ccccc3)C2)cc1. The maximum absolute atomic E-state index is 12.8. The van der Waals surface area contributed by atoms with Crippen molar-refractivity contribution >= 4 is 23.5 Å². The Bertz CT molecular complexity index is 1010. The molecular formula is C26H30N4OS. The lowest BCUT2D eigenvalue weighted by atomic mass is 9.97. The number of piperidine rings is 1. The Morgan fingerprint density at radius 3 is 2.69 bits per heavy atom. The summed E-state index contributed by atoms with van der Waals surface area (Å²) in [6, 6.07) is 18.9. The molecule has 1 aliphatic heterocycles. The number of nitrogens with zero attached hydrogens (tertiary/aromatic N) is 3. The van der Waals surface area contributed by atoms with E-state index < -0.39 is 0 Å². The first-order valence-corrected chi connectivity index (χ1v) is 12.1. The van der Waals surface area contributed by atoms with Crippen LogP contribution in [-0.4, -0.2) is 35.5 Å². The molecule has 0 radical (unpaired) electrons. The molecule has 1 amide bonds. The number of benzene rings is 2. The fraction of sp³-hybridized carbons (Fsp3) is 0.346. The molecule has 2 aromatic carbocycles. The summed E-state index contributed by atoms with van der Waals surface area (Å²) in [4.78, 5) is 25.4. The van der Waals surface area contributed by atoms with Crippen molar-refractivity contribution in [1.29, 1.82) is 0 Å². The topological polar surface area (TPSA) is 58.1 Å². The van der Waals surface area contributed by atoms with Gasteiger partial charge in [0.2, 0.25) is 5.91 Å². The molecule has 0 aliphatic carbocycles. The Labute approximate surface area is 194 Å². The van der Waals surface area contributed by atoms with Crippen molar-refractivity contribution in [3.63, 3.8) is 0 Å². The summed E-state index contributed by atoms with van der Waals surface area (Å²) in [5.74, 6) is 1.01. The quantitative estimate of drug-likeness (QED) is 0.499. The van der Waals surface area contributed by atoms with E-state index in [1.54, 1.807) is 24.2 Å². The van der Waals surface area contributed by atoms with Gasteiger partial charge in [0, 0.05) is 36.9 Å². The van der Waals surface area contributed by atoms with Crippen LogP contribution >= 0.6 is 11.8 Å². The highest BCUT2D eigenvalue weighted by Crippen LogP contribution is 2.34. The molecule has 1 aromatic heterocycles. The summed E-state index contributed by atoms with van der Waals surface area (Å²) >= 11 is 1.63.